The Morgan fingerprint density at radius 2 is 2.40 bits per heavy atom. The van der Waals surface area contributed by atoms with Gasteiger partial charge in [0.25, 0.3) is 5.91 Å². The molecular weight excluding hydrogens is 260 g/mol. The number of carbonyl (C=O) groups excluding carboxylic acids is 2. The molecule has 2 amide bonds. The van der Waals surface area contributed by atoms with Crippen LogP contribution in [0.1, 0.15) is 17.4 Å². The van der Waals surface area contributed by atoms with Gasteiger partial charge in [-0.3, -0.25) is 14.6 Å². The highest BCUT2D eigenvalue weighted by Gasteiger charge is 2.25. The number of anilines is 1. The van der Waals surface area contributed by atoms with Crippen LogP contribution >= 0.6 is 0 Å². The number of ether oxygens (including phenoxy) is 1. The van der Waals surface area contributed by atoms with E-state index >= 15 is 0 Å². The lowest BCUT2D eigenvalue weighted by Crippen LogP contribution is -2.48. The van der Waals surface area contributed by atoms with Crippen LogP contribution in [0.3, 0.4) is 0 Å². The summed E-state index contributed by atoms with van der Waals surface area (Å²) in [6.07, 6.45) is 0.957. The van der Waals surface area contributed by atoms with Crippen LogP contribution in [0.5, 0.6) is 0 Å². The molecule has 1 atom stereocenters. The summed E-state index contributed by atoms with van der Waals surface area (Å²) in [7, 11) is 0. The summed E-state index contributed by atoms with van der Waals surface area (Å²) in [5, 5.41) is 2.70. The summed E-state index contributed by atoms with van der Waals surface area (Å²) < 4.78 is 5.30. The Hall–Kier alpha value is -2.15. The summed E-state index contributed by atoms with van der Waals surface area (Å²) in [6, 6.07) is 3.50. The Kier molecular flexibility index (Phi) is 4.52. The molecular formula is C13H18N4O3. The van der Waals surface area contributed by atoms with Crippen molar-refractivity contribution in [1.29, 1.82) is 0 Å². The molecule has 1 aromatic heterocycles. The van der Waals surface area contributed by atoms with E-state index in [1.165, 1.54) is 0 Å². The van der Waals surface area contributed by atoms with Gasteiger partial charge in [-0.25, -0.2) is 0 Å². The zero-order chi connectivity index (χ0) is 14.5. The summed E-state index contributed by atoms with van der Waals surface area (Å²) in [5.74, 6) is -0.693. The van der Waals surface area contributed by atoms with Gasteiger partial charge in [0, 0.05) is 25.0 Å². The molecule has 1 fully saturated rings. The van der Waals surface area contributed by atoms with Gasteiger partial charge in [0.2, 0.25) is 5.91 Å². The topological polar surface area (TPSA) is 97.5 Å². The number of primary amides is 1. The number of nitrogens with one attached hydrogen (secondary N) is 1. The van der Waals surface area contributed by atoms with Crippen molar-refractivity contribution < 1.29 is 14.3 Å². The first kappa shape index (κ1) is 14.3. The standard InChI is InChI=1S/C13H18N4O3/c1-2-15-13(19)10-7-9(3-4-16-10)17-5-6-20-11(8-17)12(14)18/h3-4,7,11H,2,5-6,8H2,1H3,(H2,14,18)(H,15,19). The number of nitrogens with two attached hydrogens (primary N) is 1. The number of hydrogen-bond donors (Lipinski definition) is 2. The minimum Gasteiger partial charge on any atom is -0.367 e. The second kappa shape index (κ2) is 6.33. The fourth-order valence-corrected chi connectivity index (χ4v) is 2.05. The van der Waals surface area contributed by atoms with E-state index in [-0.39, 0.29) is 5.91 Å². The fourth-order valence-electron chi connectivity index (χ4n) is 2.05. The lowest BCUT2D eigenvalue weighted by molar-refractivity contribution is -0.130. The van der Waals surface area contributed by atoms with Gasteiger partial charge >= 0.3 is 0 Å². The molecule has 0 bridgehead atoms. The smallest absolute Gasteiger partial charge is 0.269 e. The third kappa shape index (κ3) is 3.24. The predicted octanol–water partition coefficient (Wildman–Crippen LogP) is -0.478. The largest absolute Gasteiger partial charge is 0.367 e. The third-order valence-electron chi connectivity index (χ3n) is 3.06. The molecule has 2 heterocycles. The molecule has 1 unspecified atom stereocenters. The third-order valence-corrected chi connectivity index (χ3v) is 3.06. The van der Waals surface area contributed by atoms with Gasteiger partial charge in [-0.1, -0.05) is 0 Å². The molecule has 1 saturated heterocycles. The number of morpholine rings is 1. The number of rotatable bonds is 4. The lowest BCUT2D eigenvalue weighted by Gasteiger charge is -2.33. The minimum absolute atomic E-state index is 0.214. The van der Waals surface area contributed by atoms with Crippen LogP contribution in [0.4, 0.5) is 5.69 Å². The number of pyridine rings is 1. The molecule has 0 saturated carbocycles. The summed E-state index contributed by atoms with van der Waals surface area (Å²) in [4.78, 5) is 29.0. The fraction of sp³-hybridized carbons (Fsp3) is 0.462. The van der Waals surface area contributed by atoms with E-state index in [9.17, 15) is 9.59 Å². The van der Waals surface area contributed by atoms with Crippen molar-refractivity contribution in [3.63, 3.8) is 0 Å². The van der Waals surface area contributed by atoms with Crippen molar-refractivity contribution in [3.8, 4) is 0 Å². The van der Waals surface area contributed by atoms with Crippen molar-refractivity contribution in [1.82, 2.24) is 10.3 Å². The van der Waals surface area contributed by atoms with Gasteiger partial charge < -0.3 is 20.7 Å². The molecule has 0 aromatic carbocycles. The molecule has 3 N–H and O–H groups in total. The van der Waals surface area contributed by atoms with E-state index in [4.69, 9.17) is 10.5 Å². The molecule has 1 aliphatic rings. The van der Waals surface area contributed by atoms with Gasteiger partial charge in [0.05, 0.1) is 13.2 Å². The van der Waals surface area contributed by atoms with E-state index in [0.29, 0.717) is 31.9 Å². The first-order valence-corrected chi connectivity index (χ1v) is 6.52. The zero-order valence-corrected chi connectivity index (χ0v) is 11.3. The van der Waals surface area contributed by atoms with Crippen LogP contribution in [-0.2, 0) is 9.53 Å². The van der Waals surface area contributed by atoms with Crippen molar-refractivity contribution in [2.45, 2.75) is 13.0 Å². The second-order valence-corrected chi connectivity index (χ2v) is 4.47. The van der Waals surface area contributed by atoms with Crippen LogP contribution in [-0.4, -0.2) is 49.1 Å². The number of amides is 2. The van der Waals surface area contributed by atoms with Crippen molar-refractivity contribution in [3.05, 3.63) is 24.0 Å². The van der Waals surface area contributed by atoms with Gasteiger partial charge in [-0.2, -0.15) is 0 Å². The summed E-state index contributed by atoms with van der Waals surface area (Å²) in [5.41, 5.74) is 6.44. The second-order valence-electron chi connectivity index (χ2n) is 4.47. The maximum Gasteiger partial charge on any atom is 0.269 e. The number of hydrogen-bond acceptors (Lipinski definition) is 5. The summed E-state index contributed by atoms with van der Waals surface area (Å²) >= 11 is 0. The van der Waals surface area contributed by atoms with Crippen LogP contribution < -0.4 is 16.0 Å². The highest BCUT2D eigenvalue weighted by molar-refractivity contribution is 5.93. The molecule has 0 aliphatic carbocycles. The quantitative estimate of drug-likeness (QED) is 0.775. The molecule has 1 aliphatic heterocycles. The molecule has 0 spiro atoms. The van der Waals surface area contributed by atoms with E-state index in [1.807, 2.05) is 11.8 Å². The van der Waals surface area contributed by atoms with Crippen LogP contribution in [0.15, 0.2) is 18.3 Å². The van der Waals surface area contributed by atoms with Crippen LogP contribution in [0, 0.1) is 0 Å². The molecule has 1 aromatic rings. The van der Waals surface area contributed by atoms with Crippen molar-refractivity contribution in [2.24, 2.45) is 5.73 Å². The van der Waals surface area contributed by atoms with Crippen molar-refractivity contribution in [2.75, 3.05) is 31.1 Å². The average molecular weight is 278 g/mol. The zero-order valence-electron chi connectivity index (χ0n) is 11.3. The monoisotopic (exact) mass is 278 g/mol. The Bertz CT molecular complexity index is 506. The highest BCUT2D eigenvalue weighted by Crippen LogP contribution is 2.18. The first-order chi connectivity index (χ1) is 9.61. The van der Waals surface area contributed by atoms with E-state index in [0.717, 1.165) is 5.69 Å². The Morgan fingerprint density at radius 1 is 1.60 bits per heavy atom. The molecule has 7 heteroatoms. The molecule has 7 nitrogen and oxygen atoms in total. The Labute approximate surface area is 117 Å². The van der Waals surface area contributed by atoms with Crippen LogP contribution in [0.25, 0.3) is 0 Å². The van der Waals surface area contributed by atoms with Gasteiger partial charge in [0.1, 0.15) is 5.69 Å². The average Bonchev–Trinajstić information content (AvgIpc) is 2.48. The molecule has 2 rings (SSSR count). The predicted molar refractivity (Wildman–Crippen MR) is 73.4 cm³/mol. The first-order valence-electron chi connectivity index (χ1n) is 6.52. The van der Waals surface area contributed by atoms with Gasteiger partial charge in [0.15, 0.2) is 6.10 Å². The van der Waals surface area contributed by atoms with Gasteiger partial charge in [-0.15, -0.1) is 0 Å². The number of carbonyl (C=O) groups is 2. The maximum atomic E-state index is 11.8. The summed E-state index contributed by atoms with van der Waals surface area (Å²) in [6.45, 7) is 3.84. The normalized spacial score (nSPS) is 18.6. The lowest BCUT2D eigenvalue weighted by atomic mass is 10.2. The highest BCUT2D eigenvalue weighted by atomic mass is 16.5. The van der Waals surface area contributed by atoms with Gasteiger partial charge in [-0.05, 0) is 19.1 Å². The minimum atomic E-state index is -0.621. The number of aromatic nitrogens is 1. The maximum absolute atomic E-state index is 11.8. The Balaban J connectivity index is 2.14. The van der Waals surface area contributed by atoms with Crippen LogP contribution in [0.2, 0.25) is 0 Å². The van der Waals surface area contributed by atoms with E-state index in [2.05, 4.69) is 10.3 Å². The molecule has 20 heavy (non-hydrogen) atoms. The molecule has 0 radical (unpaired) electrons. The SMILES string of the molecule is CCNC(=O)c1cc(N2CCOC(C(N)=O)C2)ccn1. The molecule has 108 valence electrons. The van der Waals surface area contributed by atoms with E-state index in [1.54, 1.807) is 18.3 Å². The van der Waals surface area contributed by atoms with Crippen molar-refractivity contribution >= 4 is 17.5 Å². The number of nitrogens with zero attached hydrogens (tertiary/aromatic N) is 2. The Morgan fingerprint density at radius 3 is 3.10 bits per heavy atom. The van der Waals surface area contributed by atoms with E-state index < -0.39 is 12.0 Å².